The molecule has 1 N–H and O–H groups in total. The maximum atomic E-state index is 11.1. The predicted octanol–water partition coefficient (Wildman–Crippen LogP) is 2.14. The van der Waals surface area contributed by atoms with Gasteiger partial charge in [0.25, 0.3) is 0 Å². The number of hydrogen-bond acceptors (Lipinski definition) is 5. The van der Waals surface area contributed by atoms with Gasteiger partial charge in [-0.1, -0.05) is 6.92 Å². The van der Waals surface area contributed by atoms with Gasteiger partial charge in [0, 0.05) is 38.2 Å². The van der Waals surface area contributed by atoms with E-state index in [-0.39, 0.29) is 0 Å². The molecular weight excluding hydrogens is 272 g/mol. The fraction of sp³-hybridized carbons (Fsp3) is 0.800. The van der Waals surface area contributed by atoms with Crippen LogP contribution < -0.4 is 0 Å². The van der Waals surface area contributed by atoms with E-state index in [9.17, 15) is 5.11 Å². The van der Waals surface area contributed by atoms with Crippen LogP contribution in [-0.4, -0.2) is 46.9 Å². The fourth-order valence-corrected chi connectivity index (χ4v) is 4.26. The van der Waals surface area contributed by atoms with Gasteiger partial charge in [-0.2, -0.15) is 0 Å². The summed E-state index contributed by atoms with van der Waals surface area (Å²) in [6.07, 6.45) is 2.89. The Balaban J connectivity index is 1.60. The minimum absolute atomic E-state index is 0.318. The van der Waals surface area contributed by atoms with Gasteiger partial charge in [0.1, 0.15) is 0 Å². The average molecular weight is 296 g/mol. The van der Waals surface area contributed by atoms with Crippen molar-refractivity contribution in [2.24, 2.45) is 11.8 Å². The molecule has 3 heterocycles. The fourth-order valence-electron chi connectivity index (χ4n) is 3.71. The van der Waals surface area contributed by atoms with Crippen LogP contribution in [0.1, 0.15) is 31.9 Å². The van der Waals surface area contributed by atoms with Gasteiger partial charge in [0.2, 0.25) is 0 Å². The van der Waals surface area contributed by atoms with E-state index >= 15 is 0 Å². The third kappa shape index (κ3) is 2.91. The molecule has 0 spiro atoms. The second-order valence-corrected chi connectivity index (χ2v) is 6.96. The number of likely N-dealkylation sites (tertiary alicyclic amines) is 1. The topological polar surface area (TPSA) is 45.6 Å². The van der Waals surface area contributed by atoms with Crippen LogP contribution in [0.4, 0.5) is 0 Å². The van der Waals surface area contributed by atoms with Gasteiger partial charge in [0.15, 0.2) is 0 Å². The Morgan fingerprint density at radius 2 is 2.30 bits per heavy atom. The van der Waals surface area contributed by atoms with Crippen molar-refractivity contribution in [2.45, 2.75) is 38.3 Å². The summed E-state index contributed by atoms with van der Waals surface area (Å²) in [5.41, 5.74) is 2.54. The minimum Gasteiger partial charge on any atom is -0.389 e. The molecule has 3 rings (SSSR count). The summed E-state index contributed by atoms with van der Waals surface area (Å²) in [5.74, 6) is 0.727. The second-order valence-electron chi connectivity index (χ2n) is 6.24. The molecule has 5 heteroatoms. The van der Waals surface area contributed by atoms with Crippen LogP contribution in [0.3, 0.4) is 0 Å². The van der Waals surface area contributed by atoms with Gasteiger partial charge in [-0.25, -0.2) is 4.98 Å². The Kier molecular flexibility index (Phi) is 4.40. The molecule has 2 saturated heterocycles. The summed E-state index contributed by atoms with van der Waals surface area (Å²) in [7, 11) is 0. The minimum atomic E-state index is -0.498. The average Bonchev–Trinajstić information content (AvgIpc) is 2.97. The molecular formula is C15H24N2O2S. The highest BCUT2D eigenvalue weighted by Crippen LogP contribution is 2.39. The van der Waals surface area contributed by atoms with Gasteiger partial charge < -0.3 is 9.84 Å². The first kappa shape index (κ1) is 14.4. The number of thiazole rings is 1. The van der Waals surface area contributed by atoms with E-state index in [4.69, 9.17) is 4.74 Å². The molecule has 20 heavy (non-hydrogen) atoms. The van der Waals surface area contributed by atoms with E-state index in [0.717, 1.165) is 57.8 Å². The Bertz CT molecular complexity index is 420. The SMILES string of the molecule is C[C@@H]1CN(Cc2cscn2)CC[C@@]1(O)C1CCOCC1. The Hall–Kier alpha value is -0.490. The predicted molar refractivity (Wildman–Crippen MR) is 79.7 cm³/mol. The summed E-state index contributed by atoms with van der Waals surface area (Å²) < 4.78 is 5.43. The molecule has 0 saturated carbocycles. The standard InChI is InChI=1S/C15H24N2O2S/c1-12-8-17(9-14-10-20-11-16-14)5-4-15(12,18)13-2-6-19-7-3-13/h10-13,18H,2-9H2,1H3/t12-,15+/m1/s1. The normalized spacial score (nSPS) is 33.4. The zero-order valence-corrected chi connectivity index (χ0v) is 12.9. The Morgan fingerprint density at radius 3 is 2.95 bits per heavy atom. The quantitative estimate of drug-likeness (QED) is 0.928. The van der Waals surface area contributed by atoms with Crippen LogP contribution in [0.5, 0.6) is 0 Å². The lowest BCUT2D eigenvalue weighted by atomic mass is 9.70. The third-order valence-corrected chi connectivity index (χ3v) is 5.65. The lowest BCUT2D eigenvalue weighted by Gasteiger charge is -2.48. The maximum Gasteiger partial charge on any atom is 0.0795 e. The number of piperidine rings is 1. The maximum absolute atomic E-state index is 11.1. The molecule has 1 aromatic rings. The van der Waals surface area contributed by atoms with Crippen molar-refractivity contribution >= 4 is 11.3 Å². The van der Waals surface area contributed by atoms with Crippen LogP contribution in [-0.2, 0) is 11.3 Å². The largest absolute Gasteiger partial charge is 0.389 e. The van der Waals surface area contributed by atoms with Crippen molar-refractivity contribution in [1.29, 1.82) is 0 Å². The third-order valence-electron chi connectivity index (χ3n) is 5.01. The first-order valence-electron chi connectivity index (χ1n) is 7.58. The molecule has 4 nitrogen and oxygen atoms in total. The van der Waals surface area contributed by atoms with Crippen molar-refractivity contribution in [3.05, 3.63) is 16.6 Å². The number of aromatic nitrogens is 1. The van der Waals surface area contributed by atoms with E-state index in [2.05, 4.69) is 22.2 Å². The molecule has 112 valence electrons. The highest BCUT2D eigenvalue weighted by molar-refractivity contribution is 7.07. The van der Waals surface area contributed by atoms with E-state index < -0.39 is 5.60 Å². The summed E-state index contributed by atoms with van der Waals surface area (Å²) in [5, 5.41) is 13.2. The number of hydrogen-bond donors (Lipinski definition) is 1. The monoisotopic (exact) mass is 296 g/mol. The molecule has 0 bridgehead atoms. The second kappa shape index (κ2) is 6.10. The van der Waals surface area contributed by atoms with Crippen LogP contribution in [0.15, 0.2) is 10.9 Å². The molecule has 0 aliphatic carbocycles. The van der Waals surface area contributed by atoms with Gasteiger partial charge in [-0.3, -0.25) is 4.90 Å². The molecule has 1 aromatic heterocycles. The van der Waals surface area contributed by atoms with Crippen molar-refractivity contribution < 1.29 is 9.84 Å². The summed E-state index contributed by atoms with van der Waals surface area (Å²) in [6.45, 7) is 6.66. The molecule has 0 aromatic carbocycles. The Labute approximate surface area is 124 Å². The van der Waals surface area contributed by atoms with Crippen molar-refractivity contribution in [3.63, 3.8) is 0 Å². The Morgan fingerprint density at radius 1 is 1.50 bits per heavy atom. The molecule has 0 unspecified atom stereocenters. The lowest BCUT2D eigenvalue weighted by molar-refractivity contribution is -0.131. The van der Waals surface area contributed by atoms with Gasteiger partial charge in [0.05, 0.1) is 16.8 Å². The highest BCUT2D eigenvalue weighted by atomic mass is 32.1. The van der Waals surface area contributed by atoms with Crippen LogP contribution in [0.25, 0.3) is 0 Å². The summed E-state index contributed by atoms with van der Waals surface area (Å²) >= 11 is 1.65. The molecule has 2 aliphatic rings. The number of ether oxygens (including phenoxy) is 1. The smallest absolute Gasteiger partial charge is 0.0795 e. The number of nitrogens with zero attached hydrogens (tertiary/aromatic N) is 2. The molecule has 2 aliphatic heterocycles. The van der Waals surface area contributed by atoms with Crippen molar-refractivity contribution in [3.8, 4) is 0 Å². The number of rotatable bonds is 3. The molecule has 0 radical (unpaired) electrons. The lowest BCUT2D eigenvalue weighted by Crippen LogP contribution is -2.55. The summed E-state index contributed by atoms with van der Waals surface area (Å²) in [4.78, 5) is 6.78. The van der Waals surface area contributed by atoms with Crippen molar-refractivity contribution in [1.82, 2.24) is 9.88 Å². The molecule has 0 amide bonds. The van der Waals surface area contributed by atoms with Gasteiger partial charge in [-0.15, -0.1) is 11.3 Å². The van der Waals surface area contributed by atoms with Crippen LogP contribution in [0.2, 0.25) is 0 Å². The highest BCUT2D eigenvalue weighted by Gasteiger charge is 2.45. The van der Waals surface area contributed by atoms with Crippen LogP contribution >= 0.6 is 11.3 Å². The van der Waals surface area contributed by atoms with Crippen molar-refractivity contribution in [2.75, 3.05) is 26.3 Å². The first-order chi connectivity index (χ1) is 9.68. The van der Waals surface area contributed by atoms with Crippen LogP contribution in [0, 0.1) is 11.8 Å². The molecule has 2 atom stereocenters. The zero-order chi connectivity index (χ0) is 14.0. The zero-order valence-electron chi connectivity index (χ0n) is 12.1. The summed E-state index contributed by atoms with van der Waals surface area (Å²) in [6, 6.07) is 0. The molecule has 2 fully saturated rings. The van der Waals surface area contributed by atoms with E-state index in [1.165, 1.54) is 0 Å². The first-order valence-corrected chi connectivity index (χ1v) is 8.52. The number of aliphatic hydroxyl groups is 1. The van der Waals surface area contributed by atoms with E-state index in [1.54, 1.807) is 11.3 Å². The van der Waals surface area contributed by atoms with E-state index in [1.807, 2.05) is 5.51 Å². The van der Waals surface area contributed by atoms with Gasteiger partial charge >= 0.3 is 0 Å². The van der Waals surface area contributed by atoms with Gasteiger partial charge in [-0.05, 0) is 31.1 Å². The van der Waals surface area contributed by atoms with E-state index in [0.29, 0.717) is 11.8 Å².